The average Bonchev–Trinajstić information content (AvgIpc) is 2.43. The molecule has 4 heteroatoms. The first-order chi connectivity index (χ1) is 9.63. The summed E-state index contributed by atoms with van der Waals surface area (Å²) in [4.78, 5) is 2.28. The number of hydrogen-bond acceptors (Lipinski definition) is 3. The van der Waals surface area contributed by atoms with Crippen molar-refractivity contribution in [3.8, 4) is 5.75 Å². The topological polar surface area (TPSA) is 24.5 Å². The molecule has 112 valence electrons. The van der Waals surface area contributed by atoms with Crippen molar-refractivity contribution in [3.63, 3.8) is 0 Å². The van der Waals surface area contributed by atoms with E-state index in [4.69, 9.17) is 4.74 Å². The van der Waals surface area contributed by atoms with E-state index >= 15 is 0 Å². The first-order valence-electron chi connectivity index (χ1n) is 7.48. The summed E-state index contributed by atoms with van der Waals surface area (Å²) >= 11 is 0. The molecule has 1 N–H and O–H groups in total. The molecule has 2 rings (SSSR count). The van der Waals surface area contributed by atoms with Crippen LogP contribution in [-0.2, 0) is 0 Å². The molecule has 0 saturated carbocycles. The van der Waals surface area contributed by atoms with Gasteiger partial charge < -0.3 is 15.0 Å². The zero-order valence-electron chi connectivity index (χ0n) is 12.7. The standard InChI is InChI=1S/C16H25FN2O/c1-4-13-8-10-19(9-7-12(2)18-13)14-5-6-16(20-3)15(17)11-14/h5-6,11-13,18H,4,7-10H2,1-3H3. The summed E-state index contributed by atoms with van der Waals surface area (Å²) in [5.41, 5.74) is 0.951. The van der Waals surface area contributed by atoms with Crippen molar-refractivity contribution in [2.45, 2.75) is 45.2 Å². The van der Waals surface area contributed by atoms with Crippen LogP contribution in [0.1, 0.15) is 33.1 Å². The van der Waals surface area contributed by atoms with Crippen LogP contribution >= 0.6 is 0 Å². The maximum atomic E-state index is 13.8. The predicted molar refractivity (Wildman–Crippen MR) is 81.1 cm³/mol. The van der Waals surface area contributed by atoms with Gasteiger partial charge in [-0.05, 0) is 38.3 Å². The number of anilines is 1. The minimum absolute atomic E-state index is 0.287. The smallest absolute Gasteiger partial charge is 0.167 e. The number of nitrogens with zero attached hydrogens (tertiary/aromatic N) is 1. The lowest BCUT2D eigenvalue weighted by atomic mass is 10.1. The molecule has 0 spiro atoms. The Kier molecular flexibility index (Phi) is 5.24. The lowest BCUT2D eigenvalue weighted by Crippen LogP contribution is -2.44. The lowest BCUT2D eigenvalue weighted by molar-refractivity contribution is 0.377. The van der Waals surface area contributed by atoms with Crippen LogP contribution in [0.3, 0.4) is 0 Å². The van der Waals surface area contributed by atoms with E-state index in [1.54, 1.807) is 12.1 Å². The Morgan fingerprint density at radius 3 is 2.75 bits per heavy atom. The van der Waals surface area contributed by atoms with Gasteiger partial charge in [-0.1, -0.05) is 6.92 Å². The number of halogens is 1. The highest BCUT2D eigenvalue weighted by Gasteiger charge is 2.18. The molecule has 2 unspecified atom stereocenters. The van der Waals surface area contributed by atoms with Crippen LogP contribution in [0.2, 0.25) is 0 Å². The molecule has 1 aliphatic heterocycles. The third-order valence-electron chi connectivity index (χ3n) is 4.09. The minimum atomic E-state index is -0.287. The molecule has 0 radical (unpaired) electrons. The largest absolute Gasteiger partial charge is 0.494 e. The quantitative estimate of drug-likeness (QED) is 0.920. The highest BCUT2D eigenvalue weighted by molar-refractivity contribution is 5.50. The van der Waals surface area contributed by atoms with Crippen LogP contribution < -0.4 is 15.0 Å². The zero-order chi connectivity index (χ0) is 14.5. The monoisotopic (exact) mass is 280 g/mol. The van der Waals surface area contributed by atoms with E-state index in [-0.39, 0.29) is 5.82 Å². The molecule has 20 heavy (non-hydrogen) atoms. The molecule has 0 bridgehead atoms. The summed E-state index contributed by atoms with van der Waals surface area (Å²) in [6.45, 7) is 6.35. The number of methoxy groups -OCH3 is 1. The van der Waals surface area contributed by atoms with Crippen molar-refractivity contribution < 1.29 is 9.13 Å². The second-order valence-corrected chi connectivity index (χ2v) is 5.56. The third kappa shape index (κ3) is 3.63. The van der Waals surface area contributed by atoms with Gasteiger partial charge in [0.1, 0.15) is 0 Å². The number of benzene rings is 1. The van der Waals surface area contributed by atoms with Gasteiger partial charge in [0.25, 0.3) is 0 Å². The van der Waals surface area contributed by atoms with E-state index in [0.29, 0.717) is 17.8 Å². The van der Waals surface area contributed by atoms with Crippen LogP contribution in [0.4, 0.5) is 10.1 Å². The van der Waals surface area contributed by atoms with Crippen LogP contribution in [0, 0.1) is 5.82 Å². The second kappa shape index (κ2) is 6.93. The number of hydrogen-bond donors (Lipinski definition) is 1. The normalized spacial score (nSPS) is 24.1. The van der Waals surface area contributed by atoms with Crippen molar-refractivity contribution in [1.29, 1.82) is 0 Å². The molecule has 1 saturated heterocycles. The Bertz CT molecular complexity index is 438. The summed E-state index contributed by atoms with van der Waals surface area (Å²) < 4.78 is 18.8. The van der Waals surface area contributed by atoms with E-state index < -0.39 is 0 Å². The summed E-state index contributed by atoms with van der Waals surface area (Å²) in [6.07, 6.45) is 3.30. The van der Waals surface area contributed by atoms with Gasteiger partial charge in [-0.2, -0.15) is 0 Å². The average molecular weight is 280 g/mol. The fourth-order valence-corrected chi connectivity index (χ4v) is 2.77. The van der Waals surface area contributed by atoms with Crippen molar-refractivity contribution >= 4 is 5.69 Å². The van der Waals surface area contributed by atoms with Crippen LogP contribution in [0.25, 0.3) is 0 Å². The Balaban J connectivity index is 2.12. The maximum absolute atomic E-state index is 13.8. The van der Waals surface area contributed by atoms with Crippen LogP contribution in [-0.4, -0.2) is 32.3 Å². The second-order valence-electron chi connectivity index (χ2n) is 5.56. The lowest BCUT2D eigenvalue weighted by Gasteiger charge is -2.33. The van der Waals surface area contributed by atoms with Crippen molar-refractivity contribution in [3.05, 3.63) is 24.0 Å². The molecule has 1 heterocycles. The molecule has 1 aliphatic rings. The number of rotatable bonds is 3. The van der Waals surface area contributed by atoms with Crippen LogP contribution in [0.5, 0.6) is 5.75 Å². The Hall–Kier alpha value is -1.29. The molecule has 0 amide bonds. The number of nitrogens with one attached hydrogen (secondary N) is 1. The Morgan fingerprint density at radius 2 is 2.10 bits per heavy atom. The molecule has 3 nitrogen and oxygen atoms in total. The van der Waals surface area contributed by atoms with Crippen molar-refractivity contribution in [2.24, 2.45) is 0 Å². The van der Waals surface area contributed by atoms with E-state index in [0.717, 1.165) is 38.0 Å². The number of ether oxygens (including phenoxy) is 1. The zero-order valence-corrected chi connectivity index (χ0v) is 12.7. The fraction of sp³-hybridized carbons (Fsp3) is 0.625. The predicted octanol–water partition coefficient (Wildman–Crippen LogP) is 3.19. The molecule has 0 aliphatic carbocycles. The highest BCUT2D eigenvalue weighted by atomic mass is 19.1. The minimum Gasteiger partial charge on any atom is -0.494 e. The van der Waals surface area contributed by atoms with Gasteiger partial charge in [0.2, 0.25) is 0 Å². The molecule has 1 fully saturated rings. The molecule has 1 aromatic rings. The third-order valence-corrected chi connectivity index (χ3v) is 4.09. The first-order valence-corrected chi connectivity index (χ1v) is 7.48. The Labute approximate surface area is 121 Å². The van der Waals surface area contributed by atoms with Gasteiger partial charge in [-0.3, -0.25) is 0 Å². The van der Waals surface area contributed by atoms with Gasteiger partial charge in [-0.15, -0.1) is 0 Å². The summed E-state index contributed by atoms with van der Waals surface area (Å²) in [6, 6.07) is 6.30. The molecular formula is C16H25FN2O. The Morgan fingerprint density at radius 1 is 1.35 bits per heavy atom. The van der Waals surface area contributed by atoms with Gasteiger partial charge in [0, 0.05) is 36.9 Å². The first kappa shape index (κ1) is 15.1. The summed E-state index contributed by atoms with van der Waals surface area (Å²) in [5.74, 6) is 0.0209. The van der Waals surface area contributed by atoms with Crippen molar-refractivity contribution in [1.82, 2.24) is 5.32 Å². The molecular weight excluding hydrogens is 255 g/mol. The molecule has 1 aromatic carbocycles. The van der Waals surface area contributed by atoms with E-state index in [9.17, 15) is 4.39 Å². The SMILES string of the molecule is CCC1CCN(c2ccc(OC)c(F)c2)CCC(C)N1. The molecule has 2 atom stereocenters. The summed E-state index contributed by atoms with van der Waals surface area (Å²) in [7, 11) is 1.49. The van der Waals surface area contributed by atoms with E-state index in [2.05, 4.69) is 24.1 Å². The van der Waals surface area contributed by atoms with Gasteiger partial charge in [0.05, 0.1) is 7.11 Å². The van der Waals surface area contributed by atoms with Crippen LogP contribution in [0.15, 0.2) is 18.2 Å². The van der Waals surface area contributed by atoms with E-state index in [1.165, 1.54) is 7.11 Å². The fourth-order valence-electron chi connectivity index (χ4n) is 2.77. The molecule has 0 aromatic heterocycles. The maximum Gasteiger partial charge on any atom is 0.167 e. The van der Waals surface area contributed by atoms with Gasteiger partial charge in [-0.25, -0.2) is 4.39 Å². The highest BCUT2D eigenvalue weighted by Crippen LogP contribution is 2.25. The van der Waals surface area contributed by atoms with Crippen molar-refractivity contribution in [2.75, 3.05) is 25.1 Å². The van der Waals surface area contributed by atoms with E-state index in [1.807, 2.05) is 6.07 Å². The van der Waals surface area contributed by atoms with Gasteiger partial charge in [0.15, 0.2) is 11.6 Å². The summed E-state index contributed by atoms with van der Waals surface area (Å²) in [5, 5.41) is 3.65. The van der Waals surface area contributed by atoms with Gasteiger partial charge >= 0.3 is 0 Å².